The molecular weight excluding hydrogens is 360 g/mol. The second-order valence-corrected chi connectivity index (χ2v) is 7.59. The van der Waals surface area contributed by atoms with E-state index in [-0.39, 0.29) is 11.9 Å². The molecule has 1 fully saturated rings. The van der Waals surface area contributed by atoms with Crippen LogP contribution in [-0.4, -0.2) is 58.0 Å². The normalized spacial score (nSPS) is 15.9. The Morgan fingerprint density at radius 3 is 2.28 bits per heavy atom. The highest BCUT2D eigenvalue weighted by atomic mass is 16.2. The Hall–Kier alpha value is -2.92. The van der Waals surface area contributed by atoms with Gasteiger partial charge in [-0.2, -0.15) is 0 Å². The Morgan fingerprint density at radius 1 is 0.897 bits per heavy atom. The molecule has 0 radical (unpaired) electrons. The van der Waals surface area contributed by atoms with Crippen LogP contribution in [0.15, 0.2) is 79.4 Å². The molecule has 0 unspecified atom stereocenters. The van der Waals surface area contributed by atoms with Gasteiger partial charge in [0.05, 0.1) is 12.5 Å². The van der Waals surface area contributed by atoms with Crippen LogP contribution in [0.3, 0.4) is 0 Å². The SMILES string of the molecule is O=C(C[C@H](c1ccccc1)n1cccc1)N1CCN(CCc2ccncc2)CC1. The van der Waals surface area contributed by atoms with Gasteiger partial charge in [0.1, 0.15) is 0 Å². The Morgan fingerprint density at radius 2 is 1.59 bits per heavy atom. The molecule has 0 bridgehead atoms. The summed E-state index contributed by atoms with van der Waals surface area (Å²) in [4.78, 5) is 21.6. The van der Waals surface area contributed by atoms with Gasteiger partial charge < -0.3 is 9.47 Å². The van der Waals surface area contributed by atoms with Crippen LogP contribution >= 0.6 is 0 Å². The van der Waals surface area contributed by atoms with Crippen molar-refractivity contribution < 1.29 is 4.79 Å². The summed E-state index contributed by atoms with van der Waals surface area (Å²) >= 11 is 0. The average molecular weight is 389 g/mol. The van der Waals surface area contributed by atoms with Gasteiger partial charge in [0.2, 0.25) is 5.91 Å². The van der Waals surface area contributed by atoms with Gasteiger partial charge in [0.15, 0.2) is 0 Å². The van der Waals surface area contributed by atoms with E-state index >= 15 is 0 Å². The zero-order chi connectivity index (χ0) is 19.9. The number of aromatic nitrogens is 2. The van der Waals surface area contributed by atoms with Gasteiger partial charge in [0.25, 0.3) is 0 Å². The summed E-state index contributed by atoms with van der Waals surface area (Å²) in [5, 5.41) is 0. The van der Waals surface area contributed by atoms with Crippen LogP contribution in [0.4, 0.5) is 0 Å². The molecule has 1 aromatic carbocycles. The molecule has 1 saturated heterocycles. The molecule has 0 N–H and O–H groups in total. The first-order valence-electron chi connectivity index (χ1n) is 10.4. The van der Waals surface area contributed by atoms with E-state index in [1.165, 1.54) is 11.1 Å². The average Bonchev–Trinajstić information content (AvgIpc) is 3.32. The first kappa shape index (κ1) is 19.4. The highest BCUT2D eigenvalue weighted by Gasteiger charge is 2.24. The van der Waals surface area contributed by atoms with Crippen molar-refractivity contribution >= 4 is 5.91 Å². The topological polar surface area (TPSA) is 41.4 Å². The van der Waals surface area contributed by atoms with E-state index in [0.29, 0.717) is 6.42 Å². The van der Waals surface area contributed by atoms with Crippen molar-refractivity contribution in [2.45, 2.75) is 18.9 Å². The van der Waals surface area contributed by atoms with Crippen molar-refractivity contribution in [3.63, 3.8) is 0 Å². The summed E-state index contributed by atoms with van der Waals surface area (Å²) < 4.78 is 2.14. The molecule has 0 aliphatic carbocycles. The molecule has 0 saturated carbocycles. The second kappa shape index (κ2) is 9.52. The summed E-state index contributed by atoms with van der Waals surface area (Å²) in [5.41, 5.74) is 2.49. The summed E-state index contributed by atoms with van der Waals surface area (Å²) in [7, 11) is 0. The largest absolute Gasteiger partial charge is 0.346 e. The Bertz CT molecular complexity index is 872. The zero-order valence-corrected chi connectivity index (χ0v) is 16.7. The minimum absolute atomic E-state index is 0.0448. The van der Waals surface area contributed by atoms with Gasteiger partial charge in [0, 0.05) is 57.5 Å². The third-order valence-electron chi connectivity index (χ3n) is 5.73. The van der Waals surface area contributed by atoms with E-state index in [0.717, 1.165) is 39.1 Å². The van der Waals surface area contributed by atoms with E-state index in [9.17, 15) is 4.79 Å². The van der Waals surface area contributed by atoms with E-state index in [4.69, 9.17) is 0 Å². The Balaban J connectivity index is 1.31. The van der Waals surface area contributed by atoms with Crippen molar-refractivity contribution in [1.29, 1.82) is 0 Å². The van der Waals surface area contributed by atoms with Crippen molar-refractivity contribution in [1.82, 2.24) is 19.4 Å². The highest BCUT2D eigenvalue weighted by Crippen LogP contribution is 2.23. The predicted molar refractivity (Wildman–Crippen MR) is 115 cm³/mol. The number of rotatable bonds is 7. The molecule has 1 aliphatic heterocycles. The van der Waals surface area contributed by atoms with Crippen LogP contribution in [0.1, 0.15) is 23.6 Å². The van der Waals surface area contributed by atoms with E-state index in [1.807, 2.05) is 60.0 Å². The molecule has 3 aromatic rings. The third-order valence-corrected chi connectivity index (χ3v) is 5.73. The molecule has 4 rings (SSSR count). The van der Waals surface area contributed by atoms with E-state index in [2.05, 4.69) is 38.7 Å². The van der Waals surface area contributed by atoms with Crippen molar-refractivity contribution in [3.8, 4) is 0 Å². The smallest absolute Gasteiger partial charge is 0.225 e. The van der Waals surface area contributed by atoms with Gasteiger partial charge >= 0.3 is 0 Å². The summed E-state index contributed by atoms with van der Waals surface area (Å²) in [6, 6.07) is 18.5. The van der Waals surface area contributed by atoms with Crippen molar-refractivity contribution in [3.05, 3.63) is 90.5 Å². The molecule has 2 aromatic heterocycles. The fourth-order valence-electron chi connectivity index (χ4n) is 3.98. The molecule has 5 nitrogen and oxygen atoms in total. The van der Waals surface area contributed by atoms with Gasteiger partial charge in [-0.3, -0.25) is 14.7 Å². The maximum absolute atomic E-state index is 13.1. The Kier molecular flexibility index (Phi) is 6.37. The maximum atomic E-state index is 13.1. The minimum Gasteiger partial charge on any atom is -0.346 e. The zero-order valence-electron chi connectivity index (χ0n) is 16.7. The predicted octanol–water partition coefficient (Wildman–Crippen LogP) is 3.25. The monoisotopic (exact) mass is 388 g/mol. The molecule has 1 atom stereocenters. The number of benzene rings is 1. The fraction of sp³-hybridized carbons (Fsp3) is 0.333. The van der Waals surface area contributed by atoms with E-state index in [1.54, 1.807) is 0 Å². The second-order valence-electron chi connectivity index (χ2n) is 7.59. The molecule has 29 heavy (non-hydrogen) atoms. The van der Waals surface area contributed by atoms with E-state index < -0.39 is 0 Å². The number of amides is 1. The number of carbonyl (C=O) groups is 1. The minimum atomic E-state index is 0.0448. The van der Waals surface area contributed by atoms with Gasteiger partial charge in [-0.05, 0) is 41.8 Å². The molecule has 5 heteroatoms. The molecule has 150 valence electrons. The number of pyridine rings is 1. The number of carbonyl (C=O) groups excluding carboxylic acids is 1. The highest BCUT2D eigenvalue weighted by molar-refractivity contribution is 5.77. The lowest BCUT2D eigenvalue weighted by Crippen LogP contribution is -2.49. The van der Waals surface area contributed by atoms with Crippen LogP contribution in [0.25, 0.3) is 0 Å². The standard InChI is InChI=1S/C24H28N4O/c29-24(20-23(27-13-4-5-14-27)22-6-2-1-3-7-22)28-18-16-26(17-19-28)15-10-21-8-11-25-12-9-21/h1-9,11-14,23H,10,15-20H2/t23-/m1/s1. The summed E-state index contributed by atoms with van der Waals surface area (Å²) in [6.45, 7) is 4.53. The van der Waals surface area contributed by atoms with Crippen LogP contribution in [0, 0.1) is 0 Å². The molecule has 1 aliphatic rings. The lowest BCUT2D eigenvalue weighted by atomic mass is 10.0. The number of hydrogen-bond donors (Lipinski definition) is 0. The van der Waals surface area contributed by atoms with Crippen molar-refractivity contribution in [2.75, 3.05) is 32.7 Å². The Labute approximate surface area is 172 Å². The lowest BCUT2D eigenvalue weighted by molar-refractivity contribution is -0.133. The quantitative estimate of drug-likeness (QED) is 0.624. The van der Waals surface area contributed by atoms with Gasteiger partial charge in [-0.1, -0.05) is 30.3 Å². The molecule has 0 spiro atoms. The van der Waals surface area contributed by atoms with Crippen LogP contribution in [0.5, 0.6) is 0 Å². The molecule has 3 heterocycles. The van der Waals surface area contributed by atoms with Crippen LogP contribution in [0.2, 0.25) is 0 Å². The van der Waals surface area contributed by atoms with Crippen LogP contribution < -0.4 is 0 Å². The first-order valence-corrected chi connectivity index (χ1v) is 10.4. The number of nitrogens with zero attached hydrogens (tertiary/aromatic N) is 4. The third kappa shape index (κ3) is 5.12. The first-order chi connectivity index (χ1) is 14.3. The van der Waals surface area contributed by atoms with Crippen molar-refractivity contribution in [2.24, 2.45) is 0 Å². The molecule has 1 amide bonds. The molecular formula is C24H28N4O. The number of hydrogen-bond acceptors (Lipinski definition) is 3. The number of piperazine rings is 1. The maximum Gasteiger partial charge on any atom is 0.225 e. The van der Waals surface area contributed by atoms with Gasteiger partial charge in [-0.25, -0.2) is 0 Å². The summed E-state index contributed by atoms with van der Waals surface area (Å²) in [6.07, 6.45) is 9.31. The fourth-order valence-corrected chi connectivity index (χ4v) is 3.98. The lowest BCUT2D eigenvalue weighted by Gasteiger charge is -2.35. The summed E-state index contributed by atoms with van der Waals surface area (Å²) in [5.74, 6) is 0.237. The van der Waals surface area contributed by atoms with Gasteiger partial charge in [-0.15, -0.1) is 0 Å². The van der Waals surface area contributed by atoms with Crippen LogP contribution in [-0.2, 0) is 11.2 Å².